The maximum Gasteiger partial charge on any atom is 0.225 e. The van der Waals surface area contributed by atoms with E-state index in [1.54, 1.807) is 18.6 Å². The summed E-state index contributed by atoms with van der Waals surface area (Å²) in [6.07, 6.45) is 10.0. The Kier molecular flexibility index (Phi) is 5.76. The number of likely N-dealkylation sites (N-methyl/N-ethyl adjacent to an activating group) is 1. The van der Waals surface area contributed by atoms with Crippen LogP contribution in [0, 0.1) is 0 Å². The molecule has 0 unspecified atom stereocenters. The fourth-order valence-corrected chi connectivity index (χ4v) is 3.27. The van der Waals surface area contributed by atoms with Gasteiger partial charge in [0.2, 0.25) is 5.91 Å². The van der Waals surface area contributed by atoms with Crippen molar-refractivity contribution in [2.45, 2.75) is 45.1 Å². The van der Waals surface area contributed by atoms with Crippen molar-refractivity contribution in [1.29, 1.82) is 0 Å². The van der Waals surface area contributed by atoms with Crippen LogP contribution in [0.4, 0.5) is 5.69 Å². The van der Waals surface area contributed by atoms with Crippen LogP contribution in [0.5, 0.6) is 0 Å². The van der Waals surface area contributed by atoms with Crippen molar-refractivity contribution < 1.29 is 4.79 Å². The van der Waals surface area contributed by atoms with Gasteiger partial charge in [-0.3, -0.25) is 14.8 Å². The molecule has 1 aromatic heterocycles. The Labute approximate surface area is 149 Å². The minimum Gasteiger partial charge on any atom is -0.326 e. The monoisotopic (exact) mass is 338 g/mol. The standard InChI is InChI=1S/C20H26N4O/c1-15(12-19-14-21-9-10-22-19)24(2)11-8-20(25)23-18-7-6-16-4-3-5-17(16)13-18/h6-7,9-10,13-15H,3-5,8,11-12H2,1-2H3,(H,23,25)/t15-/m0/s1. The number of benzene rings is 1. The van der Waals surface area contributed by atoms with Crippen molar-refractivity contribution in [1.82, 2.24) is 14.9 Å². The first-order chi connectivity index (χ1) is 12.1. The highest BCUT2D eigenvalue weighted by Gasteiger charge is 2.14. The molecule has 0 radical (unpaired) electrons. The van der Waals surface area contributed by atoms with Gasteiger partial charge in [0, 0.05) is 49.7 Å². The second kappa shape index (κ2) is 8.21. The van der Waals surface area contributed by atoms with Gasteiger partial charge in [0.15, 0.2) is 0 Å². The lowest BCUT2D eigenvalue weighted by Gasteiger charge is -2.24. The van der Waals surface area contributed by atoms with E-state index < -0.39 is 0 Å². The van der Waals surface area contributed by atoms with E-state index in [0.717, 1.165) is 37.2 Å². The summed E-state index contributed by atoms with van der Waals surface area (Å²) in [6.45, 7) is 2.87. The molecule has 25 heavy (non-hydrogen) atoms. The molecule has 1 N–H and O–H groups in total. The van der Waals surface area contributed by atoms with Crippen LogP contribution in [0.3, 0.4) is 0 Å². The van der Waals surface area contributed by atoms with Gasteiger partial charge in [-0.1, -0.05) is 6.07 Å². The normalized spacial score (nSPS) is 14.4. The molecular formula is C20H26N4O. The van der Waals surface area contributed by atoms with Gasteiger partial charge < -0.3 is 10.2 Å². The molecule has 132 valence electrons. The zero-order valence-corrected chi connectivity index (χ0v) is 15.0. The predicted molar refractivity (Wildman–Crippen MR) is 99.5 cm³/mol. The summed E-state index contributed by atoms with van der Waals surface area (Å²) in [7, 11) is 2.05. The lowest BCUT2D eigenvalue weighted by Crippen LogP contribution is -2.33. The molecule has 2 aromatic rings. The molecule has 1 aliphatic rings. The van der Waals surface area contributed by atoms with Crippen molar-refractivity contribution in [3.63, 3.8) is 0 Å². The summed E-state index contributed by atoms with van der Waals surface area (Å²) in [6, 6.07) is 6.60. The third-order valence-electron chi connectivity index (χ3n) is 4.95. The molecule has 1 heterocycles. The molecule has 0 saturated carbocycles. The van der Waals surface area contributed by atoms with Gasteiger partial charge in [-0.15, -0.1) is 0 Å². The number of hydrogen-bond acceptors (Lipinski definition) is 4. The zero-order chi connectivity index (χ0) is 17.6. The maximum absolute atomic E-state index is 12.2. The zero-order valence-electron chi connectivity index (χ0n) is 15.0. The molecule has 0 aliphatic heterocycles. The number of amides is 1. The average Bonchev–Trinajstić information content (AvgIpc) is 3.08. The van der Waals surface area contributed by atoms with Crippen molar-refractivity contribution in [2.24, 2.45) is 0 Å². The summed E-state index contributed by atoms with van der Waals surface area (Å²) in [5, 5.41) is 3.03. The third kappa shape index (κ3) is 4.86. The smallest absolute Gasteiger partial charge is 0.225 e. The number of carbonyl (C=O) groups is 1. The third-order valence-corrected chi connectivity index (χ3v) is 4.95. The average molecular weight is 338 g/mol. The second-order valence-corrected chi connectivity index (χ2v) is 6.87. The van der Waals surface area contributed by atoms with Crippen LogP contribution in [0.25, 0.3) is 0 Å². The Hall–Kier alpha value is -2.27. The van der Waals surface area contributed by atoms with Gasteiger partial charge in [-0.05, 0) is 56.5 Å². The van der Waals surface area contributed by atoms with Gasteiger partial charge in [0.25, 0.3) is 0 Å². The summed E-state index contributed by atoms with van der Waals surface area (Å²) in [5.41, 5.74) is 4.70. The van der Waals surface area contributed by atoms with Crippen LogP contribution >= 0.6 is 0 Å². The molecular weight excluding hydrogens is 312 g/mol. The van der Waals surface area contributed by atoms with Gasteiger partial charge >= 0.3 is 0 Å². The van der Waals surface area contributed by atoms with Crippen LogP contribution in [0.15, 0.2) is 36.8 Å². The maximum atomic E-state index is 12.2. The van der Waals surface area contributed by atoms with Gasteiger partial charge in [-0.2, -0.15) is 0 Å². The number of anilines is 1. The number of fused-ring (bicyclic) bond motifs is 1. The Morgan fingerprint density at radius 3 is 2.92 bits per heavy atom. The van der Waals surface area contributed by atoms with E-state index in [0.29, 0.717) is 12.5 Å². The van der Waals surface area contributed by atoms with Crippen molar-refractivity contribution in [3.05, 3.63) is 53.6 Å². The van der Waals surface area contributed by atoms with Gasteiger partial charge in [0.05, 0.1) is 5.69 Å². The van der Waals surface area contributed by atoms with E-state index in [-0.39, 0.29) is 5.91 Å². The van der Waals surface area contributed by atoms with E-state index in [2.05, 4.69) is 39.2 Å². The number of hydrogen-bond donors (Lipinski definition) is 1. The fraction of sp³-hybridized carbons (Fsp3) is 0.450. The Morgan fingerprint density at radius 2 is 2.12 bits per heavy atom. The van der Waals surface area contributed by atoms with Crippen LogP contribution in [-0.4, -0.2) is 40.4 Å². The molecule has 1 amide bonds. The quantitative estimate of drug-likeness (QED) is 0.843. The van der Waals surface area contributed by atoms with Crippen molar-refractivity contribution in [2.75, 3.05) is 18.9 Å². The number of aryl methyl sites for hydroxylation is 2. The molecule has 3 rings (SSSR count). The van der Waals surface area contributed by atoms with E-state index in [1.165, 1.54) is 17.5 Å². The lowest BCUT2D eigenvalue weighted by molar-refractivity contribution is -0.116. The number of nitrogens with zero attached hydrogens (tertiary/aromatic N) is 3. The molecule has 1 aliphatic carbocycles. The first kappa shape index (κ1) is 17.5. The van der Waals surface area contributed by atoms with Gasteiger partial charge in [0.1, 0.15) is 0 Å². The van der Waals surface area contributed by atoms with E-state index >= 15 is 0 Å². The predicted octanol–water partition coefficient (Wildman–Crippen LogP) is 2.86. The van der Waals surface area contributed by atoms with Crippen molar-refractivity contribution in [3.8, 4) is 0 Å². The first-order valence-electron chi connectivity index (χ1n) is 8.98. The van der Waals surface area contributed by atoms with Crippen LogP contribution < -0.4 is 5.32 Å². The lowest BCUT2D eigenvalue weighted by atomic mass is 10.1. The minimum absolute atomic E-state index is 0.0662. The number of rotatable bonds is 7. The largest absolute Gasteiger partial charge is 0.326 e. The number of carbonyl (C=O) groups excluding carboxylic acids is 1. The SMILES string of the molecule is C[C@@H](Cc1cnccn1)N(C)CCC(=O)Nc1ccc2c(c1)CCC2. The topological polar surface area (TPSA) is 58.1 Å². The molecule has 0 saturated heterocycles. The van der Waals surface area contributed by atoms with Gasteiger partial charge in [-0.25, -0.2) is 0 Å². The van der Waals surface area contributed by atoms with Crippen LogP contribution in [-0.2, 0) is 24.1 Å². The molecule has 0 spiro atoms. The summed E-state index contributed by atoms with van der Waals surface area (Å²) in [5.74, 6) is 0.0662. The summed E-state index contributed by atoms with van der Waals surface area (Å²) >= 11 is 0. The molecule has 1 aromatic carbocycles. The first-order valence-corrected chi connectivity index (χ1v) is 8.98. The molecule has 0 bridgehead atoms. The van der Waals surface area contributed by atoms with Crippen molar-refractivity contribution >= 4 is 11.6 Å². The van der Waals surface area contributed by atoms with E-state index in [4.69, 9.17) is 0 Å². The molecule has 5 heteroatoms. The highest BCUT2D eigenvalue weighted by Crippen LogP contribution is 2.24. The van der Waals surface area contributed by atoms with Crippen LogP contribution in [0.1, 0.15) is 36.6 Å². The molecule has 1 atom stereocenters. The van der Waals surface area contributed by atoms with Crippen LogP contribution in [0.2, 0.25) is 0 Å². The number of aromatic nitrogens is 2. The summed E-state index contributed by atoms with van der Waals surface area (Å²) < 4.78 is 0. The second-order valence-electron chi connectivity index (χ2n) is 6.87. The summed E-state index contributed by atoms with van der Waals surface area (Å²) in [4.78, 5) is 22.8. The minimum atomic E-state index is 0.0662. The van der Waals surface area contributed by atoms with E-state index in [9.17, 15) is 4.79 Å². The Morgan fingerprint density at radius 1 is 1.28 bits per heavy atom. The highest BCUT2D eigenvalue weighted by atomic mass is 16.1. The molecule has 5 nitrogen and oxygen atoms in total. The van der Waals surface area contributed by atoms with E-state index in [1.807, 2.05) is 13.1 Å². The highest BCUT2D eigenvalue weighted by molar-refractivity contribution is 5.91. The Bertz CT molecular complexity index is 717. The fourth-order valence-electron chi connectivity index (χ4n) is 3.27. The molecule has 0 fully saturated rings. The Balaban J connectivity index is 1.45. The number of nitrogens with one attached hydrogen (secondary N) is 1.